The number of hydrogen-bond acceptors (Lipinski definition) is 3. The average molecular weight is 397 g/mol. The van der Waals surface area contributed by atoms with Gasteiger partial charge in [-0.15, -0.1) is 0 Å². The topological polar surface area (TPSA) is 37.8 Å². The lowest BCUT2D eigenvalue weighted by atomic mass is 10.1. The number of alkyl halides is 3. The summed E-state index contributed by atoms with van der Waals surface area (Å²) in [4.78, 5) is 8.52. The van der Waals surface area contributed by atoms with Gasteiger partial charge in [-0.25, -0.2) is 14.4 Å². The van der Waals surface area contributed by atoms with Crippen molar-refractivity contribution in [3.05, 3.63) is 89.9 Å². The van der Waals surface area contributed by atoms with E-state index in [1.165, 1.54) is 36.5 Å². The van der Waals surface area contributed by atoms with Gasteiger partial charge in [-0.05, 0) is 35.9 Å². The Balaban J connectivity index is 1.67. The molecule has 0 saturated carbocycles. The molecule has 4 rings (SSSR count). The molecule has 0 spiro atoms. The summed E-state index contributed by atoms with van der Waals surface area (Å²) in [6.07, 6.45) is -2.98. The zero-order valence-corrected chi connectivity index (χ0v) is 15.0. The molecule has 3 nitrogen and oxygen atoms in total. The maximum Gasteiger partial charge on any atom is 0.417 e. The van der Waals surface area contributed by atoms with Gasteiger partial charge in [0.05, 0.1) is 11.1 Å². The molecule has 0 bridgehead atoms. The molecule has 0 amide bonds. The predicted molar refractivity (Wildman–Crippen MR) is 104 cm³/mol. The Morgan fingerprint density at radius 3 is 2.38 bits per heavy atom. The second-order valence-electron chi connectivity index (χ2n) is 6.46. The van der Waals surface area contributed by atoms with Gasteiger partial charge < -0.3 is 5.32 Å². The molecule has 0 aliphatic carbocycles. The number of aromatic nitrogens is 2. The number of nitrogens with one attached hydrogen (secondary N) is 1. The molecule has 0 atom stereocenters. The highest BCUT2D eigenvalue weighted by Gasteiger charge is 2.34. The van der Waals surface area contributed by atoms with Crippen molar-refractivity contribution in [2.45, 2.75) is 12.7 Å². The summed E-state index contributed by atoms with van der Waals surface area (Å²) in [6.45, 7) is 0.456. The van der Waals surface area contributed by atoms with E-state index >= 15 is 0 Å². The fourth-order valence-corrected chi connectivity index (χ4v) is 3.06. The quantitative estimate of drug-likeness (QED) is 0.425. The lowest BCUT2D eigenvalue weighted by Gasteiger charge is -2.13. The van der Waals surface area contributed by atoms with Gasteiger partial charge in [0, 0.05) is 29.4 Å². The molecule has 0 aliphatic heterocycles. The Kier molecular flexibility index (Phi) is 4.88. The first-order valence-corrected chi connectivity index (χ1v) is 8.82. The van der Waals surface area contributed by atoms with Crippen molar-refractivity contribution in [3.8, 4) is 11.4 Å². The molecule has 29 heavy (non-hydrogen) atoms. The molecule has 4 aromatic rings. The zero-order chi connectivity index (χ0) is 20.4. The van der Waals surface area contributed by atoms with Crippen LogP contribution in [0.5, 0.6) is 0 Å². The molecule has 1 N–H and O–H groups in total. The van der Waals surface area contributed by atoms with Crippen molar-refractivity contribution in [3.63, 3.8) is 0 Å². The maximum atomic E-state index is 13.3. The second kappa shape index (κ2) is 7.50. The lowest BCUT2D eigenvalue weighted by molar-refractivity contribution is -0.137. The SMILES string of the molecule is Fc1ccc(CNc2cccc3nc(-c4ccccc4C(F)(F)F)ncc23)cc1. The van der Waals surface area contributed by atoms with Crippen LogP contribution in [0.2, 0.25) is 0 Å². The van der Waals surface area contributed by atoms with Gasteiger partial charge in [0.1, 0.15) is 5.82 Å². The van der Waals surface area contributed by atoms with Crippen molar-refractivity contribution in [1.29, 1.82) is 0 Å². The van der Waals surface area contributed by atoms with Crippen LogP contribution in [0.25, 0.3) is 22.3 Å². The first-order valence-electron chi connectivity index (χ1n) is 8.82. The molecule has 0 unspecified atom stereocenters. The van der Waals surface area contributed by atoms with Crippen molar-refractivity contribution < 1.29 is 17.6 Å². The minimum Gasteiger partial charge on any atom is -0.380 e. The van der Waals surface area contributed by atoms with E-state index in [0.29, 0.717) is 17.4 Å². The second-order valence-corrected chi connectivity index (χ2v) is 6.46. The fourth-order valence-electron chi connectivity index (χ4n) is 3.06. The standard InChI is InChI=1S/C22H15F4N3/c23-15-10-8-14(9-11-15)12-27-19-6-3-7-20-17(19)13-28-21(29-20)16-4-1-2-5-18(16)22(24,25)26/h1-11,13,27H,12H2. The molecule has 146 valence electrons. The van der Waals surface area contributed by atoms with Gasteiger partial charge in [-0.1, -0.05) is 36.4 Å². The molecule has 1 aromatic heterocycles. The number of fused-ring (bicyclic) bond motifs is 1. The number of benzene rings is 3. The molecular formula is C22H15F4N3. The van der Waals surface area contributed by atoms with Crippen LogP contribution in [0, 0.1) is 5.82 Å². The molecule has 1 heterocycles. The van der Waals surface area contributed by atoms with Gasteiger partial charge >= 0.3 is 6.18 Å². The summed E-state index contributed by atoms with van der Waals surface area (Å²) < 4.78 is 53.0. The van der Waals surface area contributed by atoms with Crippen LogP contribution in [0.4, 0.5) is 23.2 Å². The first kappa shape index (κ1) is 18.9. The number of anilines is 1. The molecular weight excluding hydrogens is 382 g/mol. The van der Waals surface area contributed by atoms with Crippen LogP contribution in [-0.4, -0.2) is 9.97 Å². The summed E-state index contributed by atoms with van der Waals surface area (Å²) in [5.41, 5.74) is 1.31. The minimum absolute atomic E-state index is 0.0149. The van der Waals surface area contributed by atoms with Crippen LogP contribution in [-0.2, 0) is 12.7 Å². The van der Waals surface area contributed by atoms with Crippen molar-refractivity contribution >= 4 is 16.6 Å². The predicted octanol–water partition coefficient (Wildman–Crippen LogP) is 6.07. The molecule has 0 radical (unpaired) electrons. The van der Waals surface area contributed by atoms with Crippen molar-refractivity contribution in [2.24, 2.45) is 0 Å². The van der Waals surface area contributed by atoms with Gasteiger partial charge in [0.2, 0.25) is 0 Å². The Labute approximate surface area is 164 Å². The summed E-state index contributed by atoms with van der Waals surface area (Å²) in [5.74, 6) is -0.292. The number of nitrogens with zero attached hydrogens (tertiary/aromatic N) is 2. The zero-order valence-electron chi connectivity index (χ0n) is 15.0. The van der Waals surface area contributed by atoms with E-state index in [1.54, 1.807) is 24.3 Å². The van der Waals surface area contributed by atoms with Crippen LogP contribution < -0.4 is 5.32 Å². The van der Waals surface area contributed by atoms with Gasteiger partial charge in [0.25, 0.3) is 0 Å². The summed E-state index contributed by atoms with van der Waals surface area (Å²) in [5, 5.41) is 3.92. The van der Waals surface area contributed by atoms with Gasteiger partial charge in [-0.2, -0.15) is 13.2 Å². The highest BCUT2D eigenvalue weighted by molar-refractivity contribution is 5.91. The Hall–Kier alpha value is -3.48. The van der Waals surface area contributed by atoms with Crippen molar-refractivity contribution in [2.75, 3.05) is 5.32 Å². The summed E-state index contributed by atoms with van der Waals surface area (Å²) >= 11 is 0. The Morgan fingerprint density at radius 2 is 1.62 bits per heavy atom. The molecule has 3 aromatic carbocycles. The average Bonchev–Trinajstić information content (AvgIpc) is 2.72. The monoisotopic (exact) mass is 397 g/mol. The van der Waals surface area contributed by atoms with Crippen molar-refractivity contribution in [1.82, 2.24) is 9.97 Å². The van der Waals surface area contributed by atoms with Crippen LogP contribution in [0.3, 0.4) is 0 Å². The number of halogens is 4. The van der Waals surface area contributed by atoms with E-state index in [1.807, 2.05) is 6.07 Å². The highest BCUT2D eigenvalue weighted by atomic mass is 19.4. The van der Waals surface area contributed by atoms with E-state index in [0.717, 1.165) is 17.3 Å². The molecule has 0 aliphatic rings. The lowest BCUT2D eigenvalue weighted by Crippen LogP contribution is -2.08. The van der Waals surface area contributed by atoms with E-state index in [4.69, 9.17) is 0 Å². The highest BCUT2D eigenvalue weighted by Crippen LogP contribution is 2.36. The molecule has 0 fully saturated rings. The summed E-state index contributed by atoms with van der Waals surface area (Å²) in [7, 11) is 0. The van der Waals surface area contributed by atoms with E-state index in [-0.39, 0.29) is 17.2 Å². The smallest absolute Gasteiger partial charge is 0.380 e. The largest absolute Gasteiger partial charge is 0.417 e. The summed E-state index contributed by atoms with van der Waals surface area (Å²) in [6, 6.07) is 16.7. The minimum atomic E-state index is -4.49. The third-order valence-corrected chi connectivity index (χ3v) is 4.49. The van der Waals surface area contributed by atoms with Gasteiger partial charge in [0.15, 0.2) is 5.82 Å². The van der Waals surface area contributed by atoms with Gasteiger partial charge in [-0.3, -0.25) is 0 Å². The molecule has 7 heteroatoms. The van der Waals surface area contributed by atoms with Crippen LogP contribution >= 0.6 is 0 Å². The Morgan fingerprint density at radius 1 is 0.862 bits per heavy atom. The Bertz CT molecular complexity index is 1150. The van der Waals surface area contributed by atoms with E-state index < -0.39 is 11.7 Å². The van der Waals surface area contributed by atoms with Crippen LogP contribution in [0.1, 0.15) is 11.1 Å². The number of hydrogen-bond donors (Lipinski definition) is 1. The van der Waals surface area contributed by atoms with E-state index in [9.17, 15) is 17.6 Å². The third-order valence-electron chi connectivity index (χ3n) is 4.49. The maximum absolute atomic E-state index is 13.3. The fraction of sp³-hybridized carbons (Fsp3) is 0.0909. The van der Waals surface area contributed by atoms with Crippen LogP contribution in [0.15, 0.2) is 72.9 Å². The van der Waals surface area contributed by atoms with E-state index in [2.05, 4.69) is 15.3 Å². The molecule has 0 saturated heterocycles. The first-order chi connectivity index (χ1) is 13.9. The number of rotatable bonds is 4. The third kappa shape index (κ3) is 4.03. The normalized spacial score (nSPS) is 11.6.